The second-order valence-corrected chi connectivity index (χ2v) is 8.32. The molecule has 0 bridgehead atoms. The first-order valence-corrected chi connectivity index (χ1v) is 9.21. The number of sulfone groups is 1. The first-order valence-electron chi connectivity index (χ1n) is 7.39. The predicted octanol–water partition coefficient (Wildman–Crippen LogP) is -0.669. The first kappa shape index (κ1) is 16.0. The molecule has 0 saturated carbocycles. The first-order chi connectivity index (χ1) is 10.8. The molecule has 23 heavy (non-hydrogen) atoms. The minimum Gasteiger partial charge on any atom is -0.480 e. The Balaban J connectivity index is 1.86. The third-order valence-corrected chi connectivity index (χ3v) is 6.15. The number of piperazine rings is 1. The van der Waals surface area contributed by atoms with E-state index in [9.17, 15) is 18.0 Å². The van der Waals surface area contributed by atoms with Gasteiger partial charge < -0.3 is 15.0 Å². The minimum absolute atomic E-state index is 0.0987. The summed E-state index contributed by atoms with van der Waals surface area (Å²) in [6.45, 7) is 2.33. The molecular weight excluding hydrogens is 322 g/mol. The van der Waals surface area contributed by atoms with Crippen LogP contribution in [0.4, 0.5) is 0 Å². The number of hydrogen-bond donors (Lipinski definition) is 2. The summed E-state index contributed by atoms with van der Waals surface area (Å²) in [5.41, 5.74) is 1.35. The van der Waals surface area contributed by atoms with E-state index in [2.05, 4.69) is 4.98 Å². The van der Waals surface area contributed by atoms with Gasteiger partial charge in [-0.05, 0) is 18.6 Å². The van der Waals surface area contributed by atoms with Crippen molar-refractivity contribution in [3.8, 4) is 0 Å². The van der Waals surface area contributed by atoms with E-state index in [-0.39, 0.29) is 24.0 Å². The molecule has 3 heterocycles. The average Bonchev–Trinajstić information content (AvgIpc) is 3.00. The lowest BCUT2D eigenvalue weighted by atomic mass is 10.0. The Kier molecular flexibility index (Phi) is 3.93. The van der Waals surface area contributed by atoms with Gasteiger partial charge in [-0.1, -0.05) is 0 Å². The van der Waals surface area contributed by atoms with Crippen molar-refractivity contribution in [2.75, 3.05) is 31.1 Å². The van der Waals surface area contributed by atoms with E-state index >= 15 is 0 Å². The average molecular weight is 341 g/mol. The molecule has 1 amide bonds. The van der Waals surface area contributed by atoms with Crippen molar-refractivity contribution in [3.05, 3.63) is 23.5 Å². The Hall–Kier alpha value is -1.87. The van der Waals surface area contributed by atoms with Crippen LogP contribution in [0.25, 0.3) is 0 Å². The molecule has 8 nitrogen and oxygen atoms in total. The molecule has 0 aromatic carbocycles. The zero-order chi connectivity index (χ0) is 16.8. The molecule has 1 aromatic rings. The molecule has 2 aliphatic heterocycles. The largest absolute Gasteiger partial charge is 0.480 e. The van der Waals surface area contributed by atoms with Gasteiger partial charge in [-0.15, -0.1) is 0 Å². The van der Waals surface area contributed by atoms with Crippen molar-refractivity contribution < 1.29 is 23.1 Å². The van der Waals surface area contributed by atoms with E-state index in [1.165, 1.54) is 0 Å². The Morgan fingerprint density at radius 3 is 2.61 bits per heavy atom. The quantitative estimate of drug-likeness (QED) is 0.754. The number of carbonyl (C=O) groups is 2. The van der Waals surface area contributed by atoms with Crippen LogP contribution in [-0.2, 0) is 14.6 Å². The predicted molar refractivity (Wildman–Crippen MR) is 82.0 cm³/mol. The number of hydrogen-bond acceptors (Lipinski definition) is 5. The van der Waals surface area contributed by atoms with Crippen LogP contribution >= 0.6 is 0 Å². The van der Waals surface area contributed by atoms with Crippen molar-refractivity contribution in [1.82, 2.24) is 14.8 Å². The van der Waals surface area contributed by atoms with Crippen LogP contribution in [0.2, 0.25) is 0 Å². The molecule has 0 aliphatic carbocycles. The summed E-state index contributed by atoms with van der Waals surface area (Å²) < 4.78 is 24.0. The van der Waals surface area contributed by atoms with E-state index in [1.54, 1.807) is 22.1 Å². The second kappa shape index (κ2) is 5.64. The van der Waals surface area contributed by atoms with Crippen LogP contribution in [-0.4, -0.2) is 83.4 Å². The molecular formula is C14H19N3O5S. The number of H-pyrrole nitrogens is 1. The van der Waals surface area contributed by atoms with Gasteiger partial charge in [-0.2, -0.15) is 0 Å². The van der Waals surface area contributed by atoms with Crippen LogP contribution in [0.15, 0.2) is 12.3 Å². The lowest BCUT2D eigenvalue weighted by Crippen LogP contribution is -2.61. The lowest BCUT2D eigenvalue weighted by molar-refractivity contribution is -0.139. The number of amides is 1. The summed E-state index contributed by atoms with van der Waals surface area (Å²) in [5.74, 6) is -1.44. The highest BCUT2D eigenvalue weighted by Gasteiger charge is 2.48. The SMILES string of the molecule is Cc1c[nH]c(C(=O)N2CCN(CC(=O)O)[C@@H]3CS(=O)(=O)C[C@@H]32)c1. The number of aromatic nitrogens is 1. The van der Waals surface area contributed by atoms with E-state index in [1.807, 2.05) is 6.92 Å². The van der Waals surface area contributed by atoms with E-state index in [0.717, 1.165) is 5.56 Å². The number of carboxylic acid groups (broad SMARTS) is 1. The molecule has 2 atom stereocenters. The fourth-order valence-corrected chi connectivity index (χ4v) is 5.44. The lowest BCUT2D eigenvalue weighted by Gasteiger charge is -2.43. The maximum Gasteiger partial charge on any atom is 0.317 e. The van der Waals surface area contributed by atoms with Crippen LogP contribution in [0.5, 0.6) is 0 Å². The number of aromatic amines is 1. The van der Waals surface area contributed by atoms with Gasteiger partial charge >= 0.3 is 5.97 Å². The molecule has 2 saturated heterocycles. The Morgan fingerprint density at radius 1 is 1.30 bits per heavy atom. The number of fused-ring (bicyclic) bond motifs is 1. The van der Waals surface area contributed by atoms with Crippen molar-refractivity contribution >= 4 is 21.7 Å². The highest BCUT2D eigenvalue weighted by atomic mass is 32.2. The van der Waals surface area contributed by atoms with Crippen molar-refractivity contribution in [3.63, 3.8) is 0 Å². The standard InChI is InChI=1S/C14H19N3O5S/c1-9-4-10(15-5-9)14(20)17-3-2-16(6-13(18)19)11-7-23(21,22)8-12(11)17/h4-5,11-12,15H,2-3,6-8H2,1H3,(H,18,19)/t11-,12+/m1/s1. The summed E-state index contributed by atoms with van der Waals surface area (Å²) in [6.07, 6.45) is 1.72. The Labute approximate surface area is 134 Å². The third-order valence-electron chi connectivity index (χ3n) is 4.45. The molecule has 1 aromatic heterocycles. The topological polar surface area (TPSA) is 111 Å². The fraction of sp³-hybridized carbons (Fsp3) is 0.571. The summed E-state index contributed by atoms with van der Waals surface area (Å²) in [4.78, 5) is 29.8. The Bertz CT molecular complexity index is 741. The molecule has 2 aliphatic rings. The highest BCUT2D eigenvalue weighted by Crippen LogP contribution is 2.28. The number of aliphatic carboxylic acids is 1. The van der Waals surface area contributed by atoms with Crippen molar-refractivity contribution in [1.29, 1.82) is 0 Å². The Morgan fingerprint density at radius 2 is 2.00 bits per heavy atom. The van der Waals surface area contributed by atoms with Crippen LogP contribution in [0, 0.1) is 6.92 Å². The smallest absolute Gasteiger partial charge is 0.317 e. The maximum atomic E-state index is 12.7. The third kappa shape index (κ3) is 3.11. The van der Waals surface area contributed by atoms with Gasteiger partial charge in [-0.3, -0.25) is 14.5 Å². The zero-order valence-corrected chi connectivity index (χ0v) is 13.5. The van der Waals surface area contributed by atoms with Crippen LogP contribution in [0.1, 0.15) is 16.1 Å². The molecule has 0 spiro atoms. The second-order valence-electron chi connectivity index (χ2n) is 6.17. The van der Waals surface area contributed by atoms with Crippen LogP contribution in [0.3, 0.4) is 0 Å². The van der Waals surface area contributed by atoms with Gasteiger partial charge in [0, 0.05) is 25.3 Å². The number of rotatable bonds is 3. The van der Waals surface area contributed by atoms with Gasteiger partial charge in [0.2, 0.25) is 0 Å². The van der Waals surface area contributed by atoms with Gasteiger partial charge in [0.25, 0.3) is 5.91 Å². The molecule has 126 valence electrons. The van der Waals surface area contributed by atoms with Gasteiger partial charge in [-0.25, -0.2) is 8.42 Å². The van der Waals surface area contributed by atoms with Gasteiger partial charge in [0.1, 0.15) is 5.69 Å². The molecule has 3 rings (SSSR count). The highest BCUT2D eigenvalue weighted by molar-refractivity contribution is 7.91. The minimum atomic E-state index is -3.28. The maximum absolute atomic E-state index is 12.7. The number of nitrogens with zero attached hydrogens (tertiary/aromatic N) is 2. The van der Waals surface area contributed by atoms with Gasteiger partial charge in [0.15, 0.2) is 9.84 Å². The van der Waals surface area contributed by atoms with Crippen LogP contribution < -0.4 is 0 Å². The summed E-state index contributed by atoms with van der Waals surface area (Å²) in [7, 11) is -3.28. The molecule has 0 radical (unpaired) electrons. The monoisotopic (exact) mass is 341 g/mol. The van der Waals surface area contributed by atoms with E-state index in [0.29, 0.717) is 18.8 Å². The number of carbonyl (C=O) groups excluding carboxylic acids is 1. The molecule has 2 N–H and O–H groups in total. The van der Waals surface area contributed by atoms with Crippen molar-refractivity contribution in [2.24, 2.45) is 0 Å². The molecule has 2 fully saturated rings. The normalized spacial score (nSPS) is 26.9. The van der Waals surface area contributed by atoms with E-state index < -0.39 is 27.9 Å². The molecule has 9 heteroatoms. The zero-order valence-electron chi connectivity index (χ0n) is 12.7. The summed E-state index contributed by atoms with van der Waals surface area (Å²) in [6, 6.07) is 0.777. The molecule has 0 unspecified atom stereocenters. The summed E-state index contributed by atoms with van der Waals surface area (Å²) in [5, 5.41) is 8.99. The number of aryl methyl sites for hydroxylation is 1. The number of nitrogens with one attached hydrogen (secondary N) is 1. The van der Waals surface area contributed by atoms with Crippen molar-refractivity contribution in [2.45, 2.75) is 19.0 Å². The summed E-state index contributed by atoms with van der Waals surface area (Å²) >= 11 is 0. The fourth-order valence-electron chi connectivity index (χ4n) is 3.43. The number of carboxylic acids is 1. The van der Waals surface area contributed by atoms with Gasteiger partial charge in [0.05, 0.1) is 24.1 Å². The van der Waals surface area contributed by atoms with E-state index in [4.69, 9.17) is 5.11 Å².